The first-order chi connectivity index (χ1) is 6.63. The van der Waals surface area contributed by atoms with E-state index in [1.807, 2.05) is 13.2 Å². The van der Waals surface area contributed by atoms with Crippen LogP contribution in [-0.2, 0) is 0 Å². The molecule has 0 radical (unpaired) electrons. The van der Waals surface area contributed by atoms with Gasteiger partial charge in [-0.05, 0) is 13.2 Å². The Bertz CT molecular complexity index is 313. The van der Waals surface area contributed by atoms with Crippen molar-refractivity contribution in [1.82, 2.24) is 10.3 Å². The number of hydrogen-bond donors (Lipinski definition) is 2. The Morgan fingerprint density at radius 2 is 2.57 bits per heavy atom. The number of carbonyl (C=O) groups excluding carboxylic acids is 1. The number of thiazole rings is 1. The third-order valence-corrected chi connectivity index (χ3v) is 3.06. The minimum atomic E-state index is -0.153. The van der Waals surface area contributed by atoms with Crippen LogP contribution in [0.5, 0.6) is 0 Å². The molecule has 0 aliphatic rings. The van der Waals surface area contributed by atoms with Gasteiger partial charge in [0.1, 0.15) is 5.69 Å². The lowest BCUT2D eigenvalue weighted by Crippen LogP contribution is -2.34. The number of nitrogen functional groups attached to an aromatic ring is 1. The average molecular weight is 231 g/mol. The largest absolute Gasteiger partial charge is 0.375 e. The van der Waals surface area contributed by atoms with Gasteiger partial charge in [-0.25, -0.2) is 4.98 Å². The standard InChI is InChI=1S/C8H13N3OS2/c1-5(3-13-2)10-7(12)6-4-14-8(9)11-6/h4-5H,3H2,1-2H3,(H2,9,11)(H,10,12). The van der Waals surface area contributed by atoms with Gasteiger partial charge in [0.05, 0.1) is 0 Å². The van der Waals surface area contributed by atoms with Crippen LogP contribution in [0.3, 0.4) is 0 Å². The maximum Gasteiger partial charge on any atom is 0.271 e. The topological polar surface area (TPSA) is 68.0 Å². The second-order valence-corrected chi connectivity index (χ2v) is 4.70. The van der Waals surface area contributed by atoms with E-state index in [9.17, 15) is 4.79 Å². The van der Waals surface area contributed by atoms with E-state index in [1.165, 1.54) is 11.3 Å². The van der Waals surface area contributed by atoms with E-state index in [0.29, 0.717) is 10.8 Å². The van der Waals surface area contributed by atoms with Crippen LogP contribution in [0, 0.1) is 0 Å². The van der Waals surface area contributed by atoms with Crippen molar-refractivity contribution in [3.63, 3.8) is 0 Å². The molecule has 0 aliphatic carbocycles. The lowest BCUT2D eigenvalue weighted by Gasteiger charge is -2.10. The molecule has 1 atom stereocenters. The molecule has 0 aliphatic heterocycles. The van der Waals surface area contributed by atoms with Crippen molar-refractivity contribution in [1.29, 1.82) is 0 Å². The van der Waals surface area contributed by atoms with Crippen molar-refractivity contribution in [3.8, 4) is 0 Å². The number of nitrogens with zero attached hydrogens (tertiary/aromatic N) is 1. The Labute approximate surface area is 91.3 Å². The average Bonchev–Trinajstić information content (AvgIpc) is 2.52. The summed E-state index contributed by atoms with van der Waals surface area (Å²) in [7, 11) is 0. The molecule has 0 saturated heterocycles. The molecule has 14 heavy (non-hydrogen) atoms. The number of nitrogens with two attached hydrogens (primary N) is 1. The minimum absolute atomic E-state index is 0.153. The van der Waals surface area contributed by atoms with Crippen LogP contribution < -0.4 is 11.1 Å². The van der Waals surface area contributed by atoms with Crippen molar-refractivity contribution in [2.24, 2.45) is 0 Å². The second-order valence-electron chi connectivity index (χ2n) is 2.90. The second kappa shape index (κ2) is 5.21. The summed E-state index contributed by atoms with van der Waals surface area (Å²) in [4.78, 5) is 15.4. The van der Waals surface area contributed by atoms with E-state index in [2.05, 4.69) is 10.3 Å². The van der Waals surface area contributed by atoms with E-state index in [4.69, 9.17) is 5.73 Å². The minimum Gasteiger partial charge on any atom is -0.375 e. The van der Waals surface area contributed by atoms with Crippen molar-refractivity contribution in [3.05, 3.63) is 11.1 Å². The first kappa shape index (κ1) is 11.3. The predicted octanol–water partition coefficient (Wildman–Crippen LogP) is 1.21. The number of anilines is 1. The fourth-order valence-corrected chi connectivity index (χ4v) is 2.11. The monoisotopic (exact) mass is 231 g/mol. The molecular formula is C8H13N3OS2. The van der Waals surface area contributed by atoms with E-state index in [1.54, 1.807) is 17.1 Å². The van der Waals surface area contributed by atoms with E-state index < -0.39 is 0 Å². The van der Waals surface area contributed by atoms with Crippen LogP contribution in [0.25, 0.3) is 0 Å². The molecule has 78 valence electrons. The van der Waals surface area contributed by atoms with Crippen molar-refractivity contribution >= 4 is 34.1 Å². The normalized spacial score (nSPS) is 12.4. The fourth-order valence-electron chi connectivity index (χ4n) is 0.981. The van der Waals surface area contributed by atoms with Crippen LogP contribution >= 0.6 is 23.1 Å². The Hall–Kier alpha value is -0.750. The summed E-state index contributed by atoms with van der Waals surface area (Å²) in [6.45, 7) is 1.96. The van der Waals surface area contributed by atoms with Gasteiger partial charge < -0.3 is 11.1 Å². The van der Waals surface area contributed by atoms with Crippen LogP contribution in [0.4, 0.5) is 5.13 Å². The maximum absolute atomic E-state index is 11.5. The molecule has 0 fully saturated rings. The highest BCUT2D eigenvalue weighted by atomic mass is 32.2. The van der Waals surface area contributed by atoms with Crippen LogP contribution in [-0.4, -0.2) is 28.9 Å². The summed E-state index contributed by atoms with van der Waals surface area (Å²) >= 11 is 2.97. The molecule has 3 N–H and O–H groups in total. The summed E-state index contributed by atoms with van der Waals surface area (Å²) in [6, 6.07) is 0.153. The predicted molar refractivity (Wildman–Crippen MR) is 61.8 cm³/mol. The number of nitrogens with one attached hydrogen (secondary N) is 1. The molecule has 0 spiro atoms. The zero-order valence-electron chi connectivity index (χ0n) is 8.11. The molecule has 4 nitrogen and oxygen atoms in total. The number of carbonyl (C=O) groups is 1. The Morgan fingerprint density at radius 1 is 1.86 bits per heavy atom. The van der Waals surface area contributed by atoms with Gasteiger partial charge in [-0.15, -0.1) is 11.3 Å². The van der Waals surface area contributed by atoms with Crippen molar-refractivity contribution in [2.75, 3.05) is 17.7 Å². The van der Waals surface area contributed by atoms with Crippen molar-refractivity contribution in [2.45, 2.75) is 13.0 Å². The molecule has 0 saturated carbocycles. The molecule has 1 unspecified atom stereocenters. The van der Waals surface area contributed by atoms with Gasteiger partial charge in [0, 0.05) is 17.2 Å². The first-order valence-corrected chi connectivity index (χ1v) is 6.41. The molecule has 1 aromatic heterocycles. The van der Waals surface area contributed by atoms with Gasteiger partial charge in [0.25, 0.3) is 5.91 Å². The molecule has 1 aromatic rings. The Balaban J connectivity index is 2.50. The molecule has 1 heterocycles. The van der Waals surface area contributed by atoms with Gasteiger partial charge in [0.15, 0.2) is 5.13 Å². The molecule has 6 heteroatoms. The number of thioether (sulfide) groups is 1. The third kappa shape index (κ3) is 3.19. The summed E-state index contributed by atoms with van der Waals surface area (Å²) < 4.78 is 0. The zero-order valence-corrected chi connectivity index (χ0v) is 9.74. The van der Waals surface area contributed by atoms with E-state index >= 15 is 0 Å². The summed E-state index contributed by atoms with van der Waals surface area (Å²) in [5.41, 5.74) is 5.83. The van der Waals surface area contributed by atoms with Gasteiger partial charge in [-0.3, -0.25) is 4.79 Å². The lowest BCUT2D eigenvalue weighted by atomic mass is 10.3. The highest BCUT2D eigenvalue weighted by molar-refractivity contribution is 7.98. The number of amides is 1. The first-order valence-electron chi connectivity index (χ1n) is 4.14. The molecule has 1 amide bonds. The number of rotatable bonds is 4. The van der Waals surface area contributed by atoms with Gasteiger partial charge in [0.2, 0.25) is 0 Å². The molecule has 0 aromatic carbocycles. The summed E-state index contributed by atoms with van der Waals surface area (Å²) in [6.07, 6.45) is 2.00. The number of hydrogen-bond acceptors (Lipinski definition) is 5. The van der Waals surface area contributed by atoms with Crippen LogP contribution in [0.15, 0.2) is 5.38 Å². The van der Waals surface area contributed by atoms with E-state index in [0.717, 1.165) is 5.75 Å². The molecule has 1 rings (SSSR count). The van der Waals surface area contributed by atoms with Gasteiger partial charge in [-0.2, -0.15) is 11.8 Å². The van der Waals surface area contributed by atoms with Crippen LogP contribution in [0.2, 0.25) is 0 Å². The van der Waals surface area contributed by atoms with Gasteiger partial charge >= 0.3 is 0 Å². The quantitative estimate of drug-likeness (QED) is 0.817. The van der Waals surface area contributed by atoms with E-state index in [-0.39, 0.29) is 11.9 Å². The van der Waals surface area contributed by atoms with Crippen molar-refractivity contribution < 1.29 is 4.79 Å². The maximum atomic E-state index is 11.5. The number of aromatic nitrogens is 1. The lowest BCUT2D eigenvalue weighted by molar-refractivity contribution is 0.0939. The summed E-state index contributed by atoms with van der Waals surface area (Å²) in [5, 5.41) is 4.93. The third-order valence-electron chi connectivity index (χ3n) is 1.55. The highest BCUT2D eigenvalue weighted by Crippen LogP contribution is 2.10. The highest BCUT2D eigenvalue weighted by Gasteiger charge is 2.11. The summed E-state index contributed by atoms with van der Waals surface area (Å²) in [5.74, 6) is 0.741. The SMILES string of the molecule is CSCC(C)NC(=O)c1csc(N)n1. The Morgan fingerprint density at radius 3 is 3.07 bits per heavy atom. The zero-order chi connectivity index (χ0) is 10.6. The molecule has 0 bridgehead atoms. The smallest absolute Gasteiger partial charge is 0.271 e. The molecular weight excluding hydrogens is 218 g/mol. The fraction of sp³-hybridized carbons (Fsp3) is 0.500. The van der Waals surface area contributed by atoms with Gasteiger partial charge in [-0.1, -0.05) is 0 Å². The van der Waals surface area contributed by atoms with Crippen LogP contribution in [0.1, 0.15) is 17.4 Å². The Kier molecular flexibility index (Phi) is 4.21.